The van der Waals surface area contributed by atoms with Gasteiger partial charge in [-0.15, -0.1) is 5.10 Å². The second-order valence-corrected chi connectivity index (χ2v) is 7.42. The van der Waals surface area contributed by atoms with E-state index in [1.165, 1.54) is 12.1 Å². The van der Waals surface area contributed by atoms with Gasteiger partial charge in [0.05, 0.1) is 5.52 Å². The Morgan fingerprint density at radius 1 is 1.18 bits per heavy atom. The molecule has 28 heavy (non-hydrogen) atoms. The highest BCUT2D eigenvalue weighted by Gasteiger charge is 2.27. The first-order chi connectivity index (χ1) is 13.7. The van der Waals surface area contributed by atoms with Crippen LogP contribution in [0.1, 0.15) is 48.5 Å². The molecule has 0 spiro atoms. The van der Waals surface area contributed by atoms with Gasteiger partial charge in [0.1, 0.15) is 11.3 Å². The molecule has 0 aliphatic heterocycles. The Morgan fingerprint density at radius 3 is 2.64 bits per heavy atom. The lowest BCUT2D eigenvalue weighted by Crippen LogP contribution is -2.40. The number of amides is 1. The van der Waals surface area contributed by atoms with Crippen molar-refractivity contribution in [1.82, 2.24) is 19.9 Å². The predicted octanol–water partition coefficient (Wildman–Crippen LogP) is 4.22. The van der Waals surface area contributed by atoms with Crippen LogP contribution in [0.15, 0.2) is 42.5 Å². The van der Waals surface area contributed by atoms with Gasteiger partial charge in [-0.3, -0.25) is 4.79 Å². The number of hydrogen-bond acceptors (Lipinski definition) is 3. The molecule has 4 rings (SSSR count). The van der Waals surface area contributed by atoms with E-state index in [1.807, 2.05) is 34.7 Å². The fourth-order valence-electron chi connectivity index (χ4n) is 4.07. The van der Waals surface area contributed by atoms with Crippen LogP contribution in [-0.4, -0.2) is 38.4 Å². The van der Waals surface area contributed by atoms with Crippen LogP contribution in [-0.2, 0) is 13.0 Å². The molecule has 1 fully saturated rings. The first-order valence-electron chi connectivity index (χ1n) is 10.0. The molecule has 1 aromatic heterocycles. The number of aryl methyl sites for hydroxylation is 1. The van der Waals surface area contributed by atoms with Crippen molar-refractivity contribution in [3.8, 4) is 0 Å². The molecule has 0 unspecified atom stereocenters. The lowest BCUT2D eigenvalue weighted by Gasteiger charge is -2.29. The summed E-state index contributed by atoms with van der Waals surface area (Å²) in [6.07, 6.45) is 5.13. The second-order valence-electron chi connectivity index (χ2n) is 7.42. The van der Waals surface area contributed by atoms with E-state index in [0.717, 1.165) is 55.2 Å². The Kier molecular flexibility index (Phi) is 5.37. The molecule has 0 N–H and O–H groups in total. The smallest absolute Gasteiger partial charge is 0.254 e. The van der Waals surface area contributed by atoms with Crippen LogP contribution in [0, 0.1) is 5.82 Å². The molecule has 1 amide bonds. The van der Waals surface area contributed by atoms with E-state index >= 15 is 0 Å². The van der Waals surface area contributed by atoms with Crippen molar-refractivity contribution in [2.45, 2.75) is 51.6 Å². The highest BCUT2D eigenvalue weighted by atomic mass is 19.1. The molecule has 1 heterocycles. The maximum atomic E-state index is 13.3. The van der Waals surface area contributed by atoms with Crippen molar-refractivity contribution >= 4 is 16.9 Å². The average molecular weight is 380 g/mol. The summed E-state index contributed by atoms with van der Waals surface area (Å²) in [5, 5.41) is 8.33. The van der Waals surface area contributed by atoms with Crippen LogP contribution >= 0.6 is 0 Å². The van der Waals surface area contributed by atoms with Crippen molar-refractivity contribution in [1.29, 1.82) is 0 Å². The van der Waals surface area contributed by atoms with E-state index in [9.17, 15) is 9.18 Å². The largest absolute Gasteiger partial charge is 0.335 e. The normalized spacial score (nSPS) is 14.6. The molecule has 0 saturated heterocycles. The minimum Gasteiger partial charge on any atom is -0.335 e. The summed E-state index contributed by atoms with van der Waals surface area (Å²) in [6, 6.07) is 12.5. The summed E-state index contributed by atoms with van der Waals surface area (Å²) in [6.45, 7) is 3.40. The molecule has 3 aromatic rings. The van der Waals surface area contributed by atoms with Gasteiger partial charge in [0.15, 0.2) is 0 Å². The summed E-state index contributed by atoms with van der Waals surface area (Å²) in [5.41, 5.74) is 3.38. The fourth-order valence-corrected chi connectivity index (χ4v) is 4.07. The topological polar surface area (TPSA) is 51.0 Å². The molecular formula is C22H25FN4O. The van der Waals surface area contributed by atoms with Crippen LogP contribution in [0.5, 0.6) is 0 Å². The average Bonchev–Trinajstić information content (AvgIpc) is 3.38. The van der Waals surface area contributed by atoms with E-state index in [2.05, 4.69) is 10.3 Å². The molecule has 0 bridgehead atoms. The molecule has 2 aromatic carbocycles. The minimum atomic E-state index is -0.235. The third-order valence-electron chi connectivity index (χ3n) is 5.64. The zero-order valence-corrected chi connectivity index (χ0v) is 16.1. The van der Waals surface area contributed by atoms with Gasteiger partial charge >= 0.3 is 0 Å². The number of rotatable bonds is 6. The van der Waals surface area contributed by atoms with Gasteiger partial charge in [0.25, 0.3) is 5.91 Å². The van der Waals surface area contributed by atoms with E-state index < -0.39 is 0 Å². The molecule has 0 radical (unpaired) electrons. The van der Waals surface area contributed by atoms with Crippen LogP contribution in [0.2, 0.25) is 0 Å². The third kappa shape index (κ3) is 3.77. The second kappa shape index (κ2) is 8.09. The van der Waals surface area contributed by atoms with Gasteiger partial charge in [0, 0.05) is 24.7 Å². The lowest BCUT2D eigenvalue weighted by atomic mass is 10.1. The van der Waals surface area contributed by atoms with Crippen molar-refractivity contribution in [2.75, 3.05) is 6.54 Å². The number of benzene rings is 2. The Labute approximate surface area is 164 Å². The van der Waals surface area contributed by atoms with Gasteiger partial charge in [-0.1, -0.05) is 30.2 Å². The molecular weight excluding hydrogens is 355 g/mol. The van der Waals surface area contributed by atoms with Gasteiger partial charge in [-0.2, -0.15) is 0 Å². The van der Waals surface area contributed by atoms with Gasteiger partial charge in [-0.05, 0) is 62.1 Å². The lowest BCUT2D eigenvalue weighted by molar-refractivity contribution is 0.0684. The van der Waals surface area contributed by atoms with Crippen LogP contribution in [0.25, 0.3) is 11.0 Å². The molecule has 5 nitrogen and oxygen atoms in total. The molecule has 1 aliphatic rings. The molecule has 1 saturated carbocycles. The Bertz CT molecular complexity index is 960. The zero-order chi connectivity index (χ0) is 19.5. The molecule has 1 aliphatic carbocycles. The van der Waals surface area contributed by atoms with Crippen molar-refractivity contribution in [2.24, 2.45) is 0 Å². The maximum absolute atomic E-state index is 13.3. The van der Waals surface area contributed by atoms with E-state index in [-0.39, 0.29) is 17.8 Å². The van der Waals surface area contributed by atoms with E-state index in [1.54, 1.807) is 12.1 Å². The van der Waals surface area contributed by atoms with Crippen LogP contribution in [0.3, 0.4) is 0 Å². The Morgan fingerprint density at radius 2 is 1.93 bits per heavy atom. The number of nitrogens with zero attached hydrogens (tertiary/aromatic N) is 4. The Hall–Kier alpha value is -2.76. The van der Waals surface area contributed by atoms with Crippen molar-refractivity contribution in [3.05, 3.63) is 59.4 Å². The summed E-state index contributed by atoms with van der Waals surface area (Å²) >= 11 is 0. The van der Waals surface area contributed by atoms with Crippen LogP contribution in [0.4, 0.5) is 4.39 Å². The van der Waals surface area contributed by atoms with E-state index in [0.29, 0.717) is 12.1 Å². The third-order valence-corrected chi connectivity index (χ3v) is 5.64. The molecule has 0 atom stereocenters. The number of fused-ring (bicyclic) bond motifs is 1. The maximum Gasteiger partial charge on any atom is 0.254 e. The van der Waals surface area contributed by atoms with Crippen molar-refractivity contribution < 1.29 is 9.18 Å². The number of aromatic nitrogens is 3. The van der Waals surface area contributed by atoms with Gasteiger partial charge in [0.2, 0.25) is 0 Å². The summed E-state index contributed by atoms with van der Waals surface area (Å²) in [5.74, 6) is -0.192. The fraction of sp³-hybridized carbons (Fsp3) is 0.409. The standard InChI is InChI=1S/C22H25FN4O/c1-2-27-21-12-9-17(15-20(21)24-25-27)22(28)26(19-5-3-4-6-19)14-13-16-7-10-18(23)11-8-16/h7-12,15,19H,2-6,13-14H2,1H3. The summed E-state index contributed by atoms with van der Waals surface area (Å²) < 4.78 is 15.0. The first-order valence-corrected chi connectivity index (χ1v) is 10.0. The molecule has 6 heteroatoms. The monoisotopic (exact) mass is 380 g/mol. The number of carbonyl (C=O) groups excluding carboxylic acids is 1. The first kappa shape index (κ1) is 18.6. The van der Waals surface area contributed by atoms with Gasteiger partial charge < -0.3 is 4.90 Å². The highest BCUT2D eigenvalue weighted by Crippen LogP contribution is 2.26. The van der Waals surface area contributed by atoms with Crippen LogP contribution < -0.4 is 0 Å². The molecule has 146 valence electrons. The minimum absolute atomic E-state index is 0.0435. The quantitative estimate of drug-likeness (QED) is 0.643. The van der Waals surface area contributed by atoms with Crippen molar-refractivity contribution in [3.63, 3.8) is 0 Å². The number of carbonyl (C=O) groups is 1. The predicted molar refractivity (Wildman–Crippen MR) is 107 cm³/mol. The number of halogens is 1. The van der Waals surface area contributed by atoms with Gasteiger partial charge in [-0.25, -0.2) is 9.07 Å². The SMILES string of the molecule is CCn1nnc2cc(C(=O)N(CCc3ccc(F)cc3)C3CCCC3)ccc21. The highest BCUT2D eigenvalue weighted by molar-refractivity contribution is 5.97. The zero-order valence-electron chi connectivity index (χ0n) is 16.1. The summed E-state index contributed by atoms with van der Waals surface area (Å²) in [4.78, 5) is 15.3. The van der Waals surface area contributed by atoms with E-state index in [4.69, 9.17) is 0 Å². The summed E-state index contributed by atoms with van der Waals surface area (Å²) in [7, 11) is 0. The Balaban J connectivity index is 1.56. The number of hydrogen-bond donors (Lipinski definition) is 0.